The number of carbonyl (C=O) groups excluding carboxylic acids is 1. The minimum Gasteiger partial charge on any atom is -0.507 e. The number of halogens is 1. The van der Waals surface area contributed by atoms with Gasteiger partial charge in [-0.15, -0.1) is 0 Å². The normalized spacial score (nSPS) is 15.8. The van der Waals surface area contributed by atoms with Crippen LogP contribution in [-0.4, -0.2) is 10.9 Å². The molecular formula is C24H19FO3. The number of allylic oxidation sites excluding steroid dienone is 1. The molecule has 0 unspecified atom stereocenters. The molecule has 0 saturated carbocycles. The van der Waals surface area contributed by atoms with Gasteiger partial charge in [0.1, 0.15) is 23.1 Å². The van der Waals surface area contributed by atoms with Gasteiger partial charge in [-0.05, 0) is 50.2 Å². The number of Topliss-reactive ketones (excluding diaryl/α,β-unsaturated/α-hetero) is 1. The molecule has 0 radical (unpaired) electrons. The summed E-state index contributed by atoms with van der Waals surface area (Å²) in [5.41, 5.74) is 3.30. The van der Waals surface area contributed by atoms with E-state index in [1.165, 1.54) is 31.2 Å². The topological polar surface area (TPSA) is 46.5 Å². The van der Waals surface area contributed by atoms with Crippen LogP contribution < -0.4 is 4.74 Å². The molecule has 3 aromatic carbocycles. The number of aryl methyl sites for hydroxylation is 1. The summed E-state index contributed by atoms with van der Waals surface area (Å²) >= 11 is 0. The van der Waals surface area contributed by atoms with Crippen LogP contribution in [0.15, 0.2) is 72.3 Å². The van der Waals surface area contributed by atoms with Crippen LogP contribution in [0.2, 0.25) is 0 Å². The van der Waals surface area contributed by atoms with E-state index in [2.05, 4.69) is 0 Å². The average molecular weight is 374 g/mol. The van der Waals surface area contributed by atoms with Crippen LogP contribution in [0, 0.1) is 12.7 Å². The van der Waals surface area contributed by atoms with Gasteiger partial charge in [-0.3, -0.25) is 4.79 Å². The Balaban J connectivity index is 1.99. The van der Waals surface area contributed by atoms with E-state index in [1.807, 2.05) is 49.4 Å². The van der Waals surface area contributed by atoms with Crippen LogP contribution >= 0.6 is 0 Å². The Morgan fingerprint density at radius 1 is 0.964 bits per heavy atom. The van der Waals surface area contributed by atoms with E-state index < -0.39 is 11.7 Å². The molecular weight excluding hydrogens is 355 g/mol. The molecule has 0 saturated heterocycles. The highest BCUT2D eigenvalue weighted by atomic mass is 19.1. The number of carbonyl (C=O) groups is 1. The Morgan fingerprint density at radius 2 is 1.64 bits per heavy atom. The number of para-hydroxylation sites is 1. The number of aliphatic hydroxyl groups is 1. The second-order valence-electron chi connectivity index (χ2n) is 6.94. The highest BCUT2D eigenvalue weighted by molar-refractivity contribution is 6.02. The van der Waals surface area contributed by atoms with Crippen molar-refractivity contribution < 1.29 is 19.0 Å². The first-order valence-corrected chi connectivity index (χ1v) is 9.03. The van der Waals surface area contributed by atoms with Gasteiger partial charge < -0.3 is 9.84 Å². The summed E-state index contributed by atoms with van der Waals surface area (Å²) in [6, 6.07) is 18.7. The third-order valence-electron chi connectivity index (χ3n) is 4.97. The number of benzene rings is 3. The molecule has 1 N–H and O–H groups in total. The summed E-state index contributed by atoms with van der Waals surface area (Å²) in [6.07, 6.45) is 0. The summed E-state index contributed by atoms with van der Waals surface area (Å²) in [5, 5.41) is 11.0. The number of ketones is 1. The van der Waals surface area contributed by atoms with Crippen molar-refractivity contribution in [2.75, 3.05) is 0 Å². The standard InChI is InChI=1S/C24H19FO3/c1-14-7-12-21-19(13-14)23(18-5-3-4-6-20(18)28-21)22(15(2)26)24(27)16-8-10-17(25)11-9-16/h3-13,23,27H,1-2H3/t23-/m0/s1. The third kappa shape index (κ3) is 3.07. The van der Waals surface area contributed by atoms with Gasteiger partial charge in [0.2, 0.25) is 0 Å². The summed E-state index contributed by atoms with van der Waals surface area (Å²) in [7, 11) is 0. The number of hydrogen-bond donors (Lipinski definition) is 1. The molecule has 140 valence electrons. The first-order valence-electron chi connectivity index (χ1n) is 9.03. The molecule has 0 aliphatic carbocycles. The first-order chi connectivity index (χ1) is 13.5. The fourth-order valence-electron chi connectivity index (χ4n) is 3.67. The van der Waals surface area contributed by atoms with Crippen molar-refractivity contribution in [2.45, 2.75) is 19.8 Å². The van der Waals surface area contributed by atoms with Crippen LogP contribution in [0.25, 0.3) is 5.76 Å². The number of ether oxygens (including phenoxy) is 1. The number of hydrogen-bond acceptors (Lipinski definition) is 3. The smallest absolute Gasteiger partial charge is 0.160 e. The lowest BCUT2D eigenvalue weighted by Gasteiger charge is -2.30. The van der Waals surface area contributed by atoms with Crippen molar-refractivity contribution in [1.82, 2.24) is 0 Å². The van der Waals surface area contributed by atoms with Crippen LogP contribution in [0.5, 0.6) is 11.5 Å². The second kappa shape index (κ2) is 6.97. The van der Waals surface area contributed by atoms with Gasteiger partial charge >= 0.3 is 0 Å². The number of rotatable bonds is 3. The van der Waals surface area contributed by atoms with Crippen LogP contribution in [0.3, 0.4) is 0 Å². The maximum atomic E-state index is 13.3. The van der Waals surface area contributed by atoms with Crippen molar-refractivity contribution in [3.8, 4) is 11.5 Å². The first kappa shape index (κ1) is 18.0. The van der Waals surface area contributed by atoms with E-state index in [9.17, 15) is 14.3 Å². The minimum absolute atomic E-state index is 0.151. The predicted octanol–water partition coefficient (Wildman–Crippen LogP) is 5.93. The van der Waals surface area contributed by atoms with Crippen LogP contribution in [0.4, 0.5) is 4.39 Å². The zero-order chi connectivity index (χ0) is 19.8. The Kier molecular flexibility index (Phi) is 4.47. The molecule has 0 amide bonds. The minimum atomic E-state index is -0.484. The van der Waals surface area contributed by atoms with Gasteiger partial charge in [0.25, 0.3) is 0 Å². The summed E-state index contributed by atoms with van der Waals surface area (Å²) < 4.78 is 19.4. The van der Waals surface area contributed by atoms with Crippen LogP contribution in [0.1, 0.15) is 35.1 Å². The number of fused-ring (bicyclic) bond motifs is 2. The molecule has 1 aliphatic heterocycles. The Morgan fingerprint density at radius 3 is 2.36 bits per heavy atom. The zero-order valence-electron chi connectivity index (χ0n) is 15.6. The molecule has 1 atom stereocenters. The van der Waals surface area contributed by atoms with Gasteiger partial charge in [-0.25, -0.2) is 4.39 Å². The molecule has 0 fully saturated rings. The van der Waals surface area contributed by atoms with E-state index >= 15 is 0 Å². The lowest BCUT2D eigenvalue weighted by atomic mass is 9.79. The largest absolute Gasteiger partial charge is 0.507 e. The van der Waals surface area contributed by atoms with Gasteiger partial charge in [0, 0.05) is 28.2 Å². The van der Waals surface area contributed by atoms with Gasteiger partial charge in [0.05, 0.1) is 0 Å². The van der Waals surface area contributed by atoms with Crippen molar-refractivity contribution in [2.24, 2.45) is 0 Å². The fourth-order valence-corrected chi connectivity index (χ4v) is 3.67. The Bertz CT molecular complexity index is 1100. The molecule has 4 rings (SSSR count). The van der Waals surface area contributed by atoms with E-state index in [0.29, 0.717) is 17.1 Å². The molecule has 3 nitrogen and oxygen atoms in total. The molecule has 1 heterocycles. The molecule has 4 heteroatoms. The SMILES string of the molecule is CC(=O)C(=C(O)c1ccc(F)cc1)[C@H]1c2ccccc2Oc2ccc(C)cc21. The fraction of sp³-hybridized carbons (Fsp3) is 0.125. The monoisotopic (exact) mass is 374 g/mol. The Labute approximate surface area is 162 Å². The van der Waals surface area contributed by atoms with E-state index in [0.717, 1.165) is 16.7 Å². The van der Waals surface area contributed by atoms with Gasteiger partial charge in [-0.2, -0.15) is 0 Å². The molecule has 28 heavy (non-hydrogen) atoms. The quantitative estimate of drug-likeness (QED) is 0.456. The molecule has 1 aliphatic rings. The van der Waals surface area contributed by atoms with E-state index in [1.54, 1.807) is 0 Å². The van der Waals surface area contributed by atoms with Gasteiger partial charge in [-0.1, -0.05) is 35.9 Å². The molecule has 0 bridgehead atoms. The van der Waals surface area contributed by atoms with Crippen molar-refractivity contribution in [3.05, 3.63) is 100 Å². The summed E-state index contributed by atoms with van der Waals surface area (Å²) in [4.78, 5) is 12.7. The maximum absolute atomic E-state index is 13.3. The zero-order valence-corrected chi connectivity index (χ0v) is 15.6. The Hall–Kier alpha value is -3.40. The highest BCUT2D eigenvalue weighted by Gasteiger charge is 2.34. The van der Waals surface area contributed by atoms with Crippen molar-refractivity contribution in [3.63, 3.8) is 0 Å². The molecule has 0 spiro atoms. The second-order valence-corrected chi connectivity index (χ2v) is 6.94. The van der Waals surface area contributed by atoms with Gasteiger partial charge in [0.15, 0.2) is 5.78 Å². The van der Waals surface area contributed by atoms with Crippen molar-refractivity contribution in [1.29, 1.82) is 0 Å². The van der Waals surface area contributed by atoms with E-state index in [-0.39, 0.29) is 17.1 Å². The van der Waals surface area contributed by atoms with E-state index in [4.69, 9.17) is 4.74 Å². The summed E-state index contributed by atoms with van der Waals surface area (Å²) in [5.74, 6) is 0.00724. The highest BCUT2D eigenvalue weighted by Crippen LogP contribution is 2.48. The summed E-state index contributed by atoms with van der Waals surface area (Å²) in [6.45, 7) is 3.40. The lowest BCUT2D eigenvalue weighted by Crippen LogP contribution is -2.18. The lowest BCUT2D eigenvalue weighted by molar-refractivity contribution is -0.113. The van der Waals surface area contributed by atoms with Crippen molar-refractivity contribution >= 4 is 11.5 Å². The predicted molar refractivity (Wildman–Crippen MR) is 106 cm³/mol. The third-order valence-corrected chi connectivity index (χ3v) is 4.97. The molecule has 0 aromatic heterocycles. The average Bonchev–Trinajstić information content (AvgIpc) is 2.68. The van der Waals surface area contributed by atoms with Crippen LogP contribution in [-0.2, 0) is 4.79 Å². The molecule has 3 aromatic rings. The number of aliphatic hydroxyl groups excluding tert-OH is 1. The maximum Gasteiger partial charge on any atom is 0.160 e.